The third kappa shape index (κ3) is 5.47. The Morgan fingerprint density at radius 1 is 1.57 bits per heavy atom. The average Bonchev–Trinajstić information content (AvgIpc) is 2.00. The predicted molar refractivity (Wildman–Crippen MR) is 64.4 cm³/mol. The Labute approximate surface area is 90.8 Å². The van der Waals surface area contributed by atoms with Crippen molar-refractivity contribution in [3.63, 3.8) is 0 Å². The number of rotatable bonds is 5. The molecule has 82 valence electrons. The van der Waals surface area contributed by atoms with Crippen LogP contribution in [-0.2, 0) is 11.4 Å². The minimum Gasteiger partial charge on any atom is -0.598 e. The molecule has 1 unspecified atom stereocenters. The van der Waals surface area contributed by atoms with Crippen LogP contribution < -0.4 is 4.72 Å². The molecule has 0 aromatic rings. The van der Waals surface area contributed by atoms with E-state index >= 15 is 0 Å². The molecular formula is C11H21NOS. The third-order valence-electron chi connectivity index (χ3n) is 1.67. The molecule has 0 saturated heterocycles. The smallest absolute Gasteiger partial charge is 0.136 e. The van der Waals surface area contributed by atoms with E-state index in [1.54, 1.807) is 6.08 Å². The first kappa shape index (κ1) is 13.8. The lowest BCUT2D eigenvalue weighted by Gasteiger charge is -2.26. The molecule has 0 fully saturated rings. The van der Waals surface area contributed by atoms with Crippen LogP contribution in [-0.4, -0.2) is 15.3 Å². The second-order valence-electron chi connectivity index (χ2n) is 4.50. The summed E-state index contributed by atoms with van der Waals surface area (Å²) in [7, 11) is 0. The van der Waals surface area contributed by atoms with Gasteiger partial charge in [-0.15, -0.1) is 17.9 Å². The molecule has 0 radical (unpaired) electrons. The molecule has 0 heterocycles. The van der Waals surface area contributed by atoms with Crippen LogP contribution in [0.4, 0.5) is 0 Å². The van der Waals surface area contributed by atoms with Crippen molar-refractivity contribution in [3.8, 4) is 0 Å². The van der Waals surface area contributed by atoms with E-state index in [-0.39, 0.29) is 10.8 Å². The molecule has 0 amide bonds. The summed E-state index contributed by atoms with van der Waals surface area (Å²) in [4.78, 5) is 0. The van der Waals surface area contributed by atoms with Gasteiger partial charge in [0.2, 0.25) is 0 Å². The van der Waals surface area contributed by atoms with E-state index in [2.05, 4.69) is 17.9 Å². The van der Waals surface area contributed by atoms with Crippen molar-refractivity contribution in [3.05, 3.63) is 24.8 Å². The molecule has 1 N–H and O–H groups in total. The Bertz CT molecular complexity index is 208. The molecule has 0 aliphatic heterocycles. The van der Waals surface area contributed by atoms with Crippen LogP contribution in [0.3, 0.4) is 0 Å². The van der Waals surface area contributed by atoms with Crippen LogP contribution in [0.15, 0.2) is 24.8 Å². The maximum Gasteiger partial charge on any atom is 0.136 e. The molecule has 0 saturated carbocycles. The fraction of sp³-hybridized carbons (Fsp3) is 0.636. The van der Waals surface area contributed by atoms with Gasteiger partial charge in [-0.2, -0.15) is 0 Å². The minimum absolute atomic E-state index is 0.0487. The van der Waals surface area contributed by atoms with Gasteiger partial charge in [0.25, 0.3) is 0 Å². The van der Waals surface area contributed by atoms with Gasteiger partial charge in [-0.05, 0) is 34.1 Å². The quantitative estimate of drug-likeness (QED) is 0.565. The van der Waals surface area contributed by atoms with Gasteiger partial charge in [-0.25, -0.2) is 0 Å². The summed E-state index contributed by atoms with van der Waals surface area (Å²) in [6.45, 7) is 15.3. The summed E-state index contributed by atoms with van der Waals surface area (Å²) in [6, 6.07) is 0.0487. The number of hydrogen-bond donors (Lipinski definition) is 1. The maximum absolute atomic E-state index is 11.7. The highest BCUT2D eigenvalue weighted by Crippen LogP contribution is 2.15. The number of nitrogens with one attached hydrogen (secondary N) is 1. The molecule has 2 atom stereocenters. The Morgan fingerprint density at radius 3 is 2.36 bits per heavy atom. The van der Waals surface area contributed by atoms with Crippen molar-refractivity contribution in [1.29, 1.82) is 0 Å². The highest BCUT2D eigenvalue weighted by atomic mass is 32.2. The molecule has 0 aromatic heterocycles. The summed E-state index contributed by atoms with van der Waals surface area (Å²) in [5.41, 5.74) is 1.06. The summed E-state index contributed by atoms with van der Waals surface area (Å²) in [5.74, 6) is 0. The largest absolute Gasteiger partial charge is 0.598 e. The summed E-state index contributed by atoms with van der Waals surface area (Å²) in [5, 5.41) is 0. The van der Waals surface area contributed by atoms with Crippen molar-refractivity contribution in [1.82, 2.24) is 4.72 Å². The zero-order valence-corrected chi connectivity index (χ0v) is 10.4. The molecule has 3 heteroatoms. The van der Waals surface area contributed by atoms with Crippen molar-refractivity contribution >= 4 is 11.4 Å². The average molecular weight is 215 g/mol. The normalized spacial score (nSPS) is 16.1. The summed E-state index contributed by atoms with van der Waals surface area (Å²) >= 11 is -1.05. The van der Waals surface area contributed by atoms with Gasteiger partial charge in [0, 0.05) is 11.4 Å². The van der Waals surface area contributed by atoms with E-state index in [1.807, 2.05) is 27.7 Å². The van der Waals surface area contributed by atoms with Crippen molar-refractivity contribution in [2.75, 3.05) is 0 Å². The van der Waals surface area contributed by atoms with Crippen LogP contribution in [0.25, 0.3) is 0 Å². The van der Waals surface area contributed by atoms with Gasteiger partial charge in [-0.3, -0.25) is 0 Å². The van der Waals surface area contributed by atoms with E-state index in [9.17, 15) is 4.55 Å². The topological polar surface area (TPSA) is 35.1 Å². The summed E-state index contributed by atoms with van der Waals surface area (Å²) < 4.78 is 14.5. The van der Waals surface area contributed by atoms with Crippen LogP contribution in [0.2, 0.25) is 0 Å². The molecule has 0 spiro atoms. The van der Waals surface area contributed by atoms with Crippen molar-refractivity contribution in [2.45, 2.75) is 44.9 Å². The fourth-order valence-corrected chi connectivity index (χ4v) is 1.67. The van der Waals surface area contributed by atoms with Crippen molar-refractivity contribution < 1.29 is 4.55 Å². The molecular weight excluding hydrogens is 194 g/mol. The molecule has 0 rings (SSSR count). The van der Waals surface area contributed by atoms with Gasteiger partial charge < -0.3 is 4.55 Å². The van der Waals surface area contributed by atoms with Gasteiger partial charge in [0.15, 0.2) is 0 Å². The number of hydrogen-bond acceptors (Lipinski definition) is 2. The van der Waals surface area contributed by atoms with Crippen LogP contribution in [0.1, 0.15) is 34.1 Å². The van der Waals surface area contributed by atoms with Gasteiger partial charge in [0.05, 0.1) is 6.04 Å². The molecule has 2 nitrogen and oxygen atoms in total. The highest BCUT2D eigenvalue weighted by molar-refractivity contribution is 7.90. The molecule has 0 aliphatic rings. The monoisotopic (exact) mass is 215 g/mol. The zero-order chi connectivity index (χ0) is 11.4. The lowest BCUT2D eigenvalue weighted by atomic mass is 10.1. The molecule has 14 heavy (non-hydrogen) atoms. The van der Waals surface area contributed by atoms with E-state index in [0.717, 1.165) is 12.0 Å². The minimum atomic E-state index is -1.05. The van der Waals surface area contributed by atoms with Crippen LogP contribution in [0, 0.1) is 0 Å². The lowest BCUT2D eigenvalue weighted by Crippen LogP contribution is -2.44. The van der Waals surface area contributed by atoms with Gasteiger partial charge in [0.1, 0.15) is 4.75 Å². The lowest BCUT2D eigenvalue weighted by molar-refractivity contribution is 0.534. The SMILES string of the molecule is C=C[C@H](CC(=C)C)N[S+]([O-])C(C)(C)C. The van der Waals surface area contributed by atoms with Gasteiger partial charge >= 0.3 is 0 Å². The van der Waals surface area contributed by atoms with E-state index < -0.39 is 11.4 Å². The van der Waals surface area contributed by atoms with E-state index in [1.165, 1.54) is 0 Å². The Kier molecular flexibility index (Phi) is 5.49. The Morgan fingerprint density at radius 2 is 2.07 bits per heavy atom. The zero-order valence-electron chi connectivity index (χ0n) is 9.59. The molecule has 0 aromatic carbocycles. The van der Waals surface area contributed by atoms with Crippen molar-refractivity contribution in [2.24, 2.45) is 0 Å². The van der Waals surface area contributed by atoms with Crippen LogP contribution in [0.5, 0.6) is 0 Å². The first-order valence-corrected chi connectivity index (χ1v) is 5.87. The maximum atomic E-state index is 11.7. The van der Waals surface area contributed by atoms with E-state index in [4.69, 9.17) is 0 Å². The standard InChI is InChI=1S/C11H21NOS/c1-7-10(8-9(2)3)12-14(13)11(4,5)6/h7,10,12H,1-2,8H2,3-6H3/t10-,14?/m1/s1. The second kappa shape index (κ2) is 5.59. The molecule has 0 bridgehead atoms. The first-order chi connectivity index (χ1) is 6.27. The first-order valence-electron chi connectivity index (χ1n) is 4.72. The predicted octanol–water partition coefficient (Wildman–Crippen LogP) is 2.56. The van der Waals surface area contributed by atoms with Crippen LogP contribution >= 0.6 is 0 Å². The fourth-order valence-electron chi connectivity index (χ4n) is 0.863. The Hall–Kier alpha value is -0.250. The second-order valence-corrected chi connectivity index (χ2v) is 6.50. The highest BCUT2D eigenvalue weighted by Gasteiger charge is 2.28. The third-order valence-corrected chi connectivity index (χ3v) is 3.30. The summed E-state index contributed by atoms with van der Waals surface area (Å²) in [6.07, 6.45) is 2.56. The van der Waals surface area contributed by atoms with Gasteiger partial charge in [-0.1, -0.05) is 11.6 Å². The van der Waals surface area contributed by atoms with E-state index in [0.29, 0.717) is 0 Å². The molecule has 0 aliphatic carbocycles. The Balaban J connectivity index is 4.18.